The standard InChI is InChI=1S/C12H17N3O2/c1-7(12(16)17)9-6-10(15(2)3)14-11(13-9)8-4-5-8/h6-8H,4-5H2,1-3H3,(H,16,17). The van der Waals surface area contributed by atoms with Crippen LogP contribution in [0.4, 0.5) is 5.82 Å². The summed E-state index contributed by atoms with van der Waals surface area (Å²) >= 11 is 0. The van der Waals surface area contributed by atoms with Gasteiger partial charge in [-0.3, -0.25) is 4.79 Å². The Kier molecular flexibility index (Phi) is 3.00. The second-order valence-electron chi connectivity index (χ2n) is 4.74. The van der Waals surface area contributed by atoms with Crippen LogP contribution in [-0.4, -0.2) is 35.1 Å². The predicted octanol–water partition coefficient (Wildman–Crippen LogP) is 1.61. The first-order chi connectivity index (χ1) is 7.99. The van der Waals surface area contributed by atoms with Gasteiger partial charge in [0.05, 0.1) is 11.6 Å². The minimum atomic E-state index is -0.852. The lowest BCUT2D eigenvalue weighted by molar-refractivity contribution is -0.138. The van der Waals surface area contributed by atoms with Gasteiger partial charge in [-0.1, -0.05) is 0 Å². The third kappa shape index (κ3) is 2.54. The molecule has 1 fully saturated rings. The molecule has 1 unspecified atom stereocenters. The van der Waals surface area contributed by atoms with Gasteiger partial charge in [-0.05, 0) is 19.8 Å². The zero-order valence-corrected chi connectivity index (χ0v) is 10.3. The molecule has 1 aliphatic rings. The van der Waals surface area contributed by atoms with E-state index in [9.17, 15) is 4.79 Å². The fourth-order valence-electron chi connectivity index (χ4n) is 1.57. The van der Waals surface area contributed by atoms with Crippen molar-refractivity contribution in [3.8, 4) is 0 Å². The number of carbonyl (C=O) groups is 1. The zero-order chi connectivity index (χ0) is 12.6. The van der Waals surface area contributed by atoms with Crippen molar-refractivity contribution in [2.24, 2.45) is 0 Å². The Balaban J connectivity index is 2.40. The molecule has 1 N–H and O–H groups in total. The maximum Gasteiger partial charge on any atom is 0.312 e. The summed E-state index contributed by atoms with van der Waals surface area (Å²) in [5.74, 6) is 0.559. The molecule has 1 aromatic rings. The number of aromatic nitrogens is 2. The van der Waals surface area contributed by atoms with Gasteiger partial charge in [0.25, 0.3) is 0 Å². The van der Waals surface area contributed by atoms with E-state index in [1.165, 1.54) is 0 Å². The highest BCUT2D eigenvalue weighted by Gasteiger charge is 2.28. The Labute approximate surface area is 100 Å². The average Bonchev–Trinajstić information content (AvgIpc) is 3.11. The number of aliphatic carboxylic acids is 1. The normalized spacial score (nSPS) is 16.6. The van der Waals surface area contributed by atoms with Gasteiger partial charge in [0, 0.05) is 26.1 Å². The van der Waals surface area contributed by atoms with Gasteiger partial charge in [-0.2, -0.15) is 0 Å². The largest absolute Gasteiger partial charge is 0.481 e. The first kappa shape index (κ1) is 11.8. The summed E-state index contributed by atoms with van der Waals surface area (Å²) in [4.78, 5) is 21.7. The molecule has 0 saturated heterocycles. The van der Waals surface area contributed by atoms with E-state index < -0.39 is 11.9 Å². The van der Waals surface area contributed by atoms with E-state index in [4.69, 9.17) is 5.11 Å². The van der Waals surface area contributed by atoms with Gasteiger partial charge < -0.3 is 10.0 Å². The molecule has 5 nitrogen and oxygen atoms in total. The Hall–Kier alpha value is -1.65. The lowest BCUT2D eigenvalue weighted by Crippen LogP contribution is -2.16. The summed E-state index contributed by atoms with van der Waals surface area (Å²) in [6.07, 6.45) is 2.22. The molecule has 0 aromatic carbocycles. The Bertz CT molecular complexity index is 421. The van der Waals surface area contributed by atoms with Crippen molar-refractivity contribution in [1.82, 2.24) is 9.97 Å². The highest BCUT2D eigenvalue weighted by molar-refractivity contribution is 5.75. The fraction of sp³-hybridized carbons (Fsp3) is 0.583. The second kappa shape index (κ2) is 4.31. The average molecular weight is 235 g/mol. The van der Waals surface area contributed by atoms with E-state index in [-0.39, 0.29) is 0 Å². The molecule has 0 spiro atoms. The number of anilines is 1. The van der Waals surface area contributed by atoms with E-state index >= 15 is 0 Å². The number of carboxylic acids is 1. The molecule has 1 saturated carbocycles. The summed E-state index contributed by atoms with van der Waals surface area (Å²) < 4.78 is 0. The van der Waals surface area contributed by atoms with Crippen LogP contribution in [0.2, 0.25) is 0 Å². The summed E-state index contributed by atoms with van der Waals surface area (Å²) in [6.45, 7) is 1.65. The van der Waals surface area contributed by atoms with Gasteiger partial charge in [0.15, 0.2) is 0 Å². The lowest BCUT2D eigenvalue weighted by atomic mass is 10.1. The number of hydrogen-bond donors (Lipinski definition) is 1. The van der Waals surface area contributed by atoms with Crippen molar-refractivity contribution in [2.45, 2.75) is 31.6 Å². The first-order valence-corrected chi connectivity index (χ1v) is 5.78. The van der Waals surface area contributed by atoms with Crippen LogP contribution < -0.4 is 4.90 Å². The molecule has 1 aromatic heterocycles. The number of rotatable bonds is 4. The second-order valence-corrected chi connectivity index (χ2v) is 4.74. The molecule has 17 heavy (non-hydrogen) atoms. The number of carboxylic acid groups (broad SMARTS) is 1. The molecule has 92 valence electrons. The molecular weight excluding hydrogens is 218 g/mol. The smallest absolute Gasteiger partial charge is 0.312 e. The van der Waals surface area contributed by atoms with Crippen molar-refractivity contribution >= 4 is 11.8 Å². The summed E-state index contributed by atoms with van der Waals surface area (Å²) in [6, 6.07) is 1.75. The van der Waals surface area contributed by atoms with Crippen LogP contribution in [0, 0.1) is 0 Å². The van der Waals surface area contributed by atoms with E-state index in [1.807, 2.05) is 19.0 Å². The van der Waals surface area contributed by atoms with Crippen molar-refractivity contribution < 1.29 is 9.90 Å². The molecule has 0 aliphatic heterocycles. The molecule has 1 heterocycles. The van der Waals surface area contributed by atoms with Crippen LogP contribution in [-0.2, 0) is 4.79 Å². The SMILES string of the molecule is CC(C(=O)O)c1cc(N(C)C)nc(C2CC2)n1. The van der Waals surface area contributed by atoms with Crippen LogP contribution in [0.15, 0.2) is 6.07 Å². The number of hydrogen-bond acceptors (Lipinski definition) is 4. The Morgan fingerprint density at radius 2 is 2.12 bits per heavy atom. The molecule has 0 amide bonds. The highest BCUT2D eigenvalue weighted by Crippen LogP contribution is 2.39. The topological polar surface area (TPSA) is 66.3 Å². The van der Waals surface area contributed by atoms with Crippen LogP contribution in [0.3, 0.4) is 0 Å². The fourth-order valence-corrected chi connectivity index (χ4v) is 1.57. The zero-order valence-electron chi connectivity index (χ0n) is 10.3. The molecule has 5 heteroatoms. The van der Waals surface area contributed by atoms with Gasteiger partial charge in [-0.15, -0.1) is 0 Å². The molecule has 0 bridgehead atoms. The van der Waals surface area contributed by atoms with Gasteiger partial charge in [0.2, 0.25) is 0 Å². The minimum Gasteiger partial charge on any atom is -0.481 e. The van der Waals surface area contributed by atoms with Crippen LogP contribution in [0.5, 0.6) is 0 Å². The molecule has 2 rings (SSSR count). The van der Waals surface area contributed by atoms with E-state index in [2.05, 4.69) is 9.97 Å². The Morgan fingerprint density at radius 1 is 1.47 bits per heavy atom. The third-order valence-corrected chi connectivity index (χ3v) is 2.96. The predicted molar refractivity (Wildman–Crippen MR) is 64.4 cm³/mol. The van der Waals surface area contributed by atoms with Gasteiger partial charge in [0.1, 0.15) is 11.6 Å². The summed E-state index contributed by atoms with van der Waals surface area (Å²) in [5.41, 5.74) is 0.595. The van der Waals surface area contributed by atoms with Crippen LogP contribution in [0.25, 0.3) is 0 Å². The maximum atomic E-state index is 11.0. The summed E-state index contributed by atoms with van der Waals surface area (Å²) in [7, 11) is 3.79. The summed E-state index contributed by atoms with van der Waals surface area (Å²) in [5, 5.41) is 9.04. The van der Waals surface area contributed by atoms with E-state index in [0.717, 1.165) is 24.5 Å². The van der Waals surface area contributed by atoms with Crippen molar-refractivity contribution in [1.29, 1.82) is 0 Å². The third-order valence-electron chi connectivity index (χ3n) is 2.96. The maximum absolute atomic E-state index is 11.0. The van der Waals surface area contributed by atoms with E-state index in [1.54, 1.807) is 13.0 Å². The Morgan fingerprint density at radius 3 is 2.59 bits per heavy atom. The first-order valence-electron chi connectivity index (χ1n) is 5.78. The van der Waals surface area contributed by atoms with Crippen LogP contribution in [0.1, 0.15) is 43.1 Å². The lowest BCUT2D eigenvalue weighted by Gasteiger charge is -2.15. The van der Waals surface area contributed by atoms with Gasteiger partial charge >= 0.3 is 5.97 Å². The molecule has 1 atom stereocenters. The quantitative estimate of drug-likeness (QED) is 0.858. The minimum absolute atomic E-state index is 0.426. The monoisotopic (exact) mass is 235 g/mol. The highest BCUT2D eigenvalue weighted by atomic mass is 16.4. The van der Waals surface area contributed by atoms with Crippen molar-refractivity contribution in [2.75, 3.05) is 19.0 Å². The molecular formula is C12H17N3O2. The van der Waals surface area contributed by atoms with Crippen molar-refractivity contribution in [3.05, 3.63) is 17.6 Å². The molecule has 0 radical (unpaired) electrons. The molecule has 1 aliphatic carbocycles. The van der Waals surface area contributed by atoms with Crippen molar-refractivity contribution in [3.63, 3.8) is 0 Å². The van der Waals surface area contributed by atoms with Crippen LogP contribution >= 0.6 is 0 Å². The number of nitrogens with zero attached hydrogens (tertiary/aromatic N) is 3. The van der Waals surface area contributed by atoms with E-state index in [0.29, 0.717) is 11.6 Å². The van der Waals surface area contributed by atoms with Gasteiger partial charge in [-0.25, -0.2) is 9.97 Å².